The number of hydrogen-bond donors (Lipinski definition) is 2. The molecule has 1 aromatic heterocycles. The number of amides is 2. The summed E-state index contributed by atoms with van der Waals surface area (Å²) in [6.07, 6.45) is 5.34. The van der Waals surface area contributed by atoms with Crippen LogP contribution in [0.4, 0.5) is 11.4 Å². The zero-order valence-corrected chi connectivity index (χ0v) is 14.0. The molecule has 1 atom stereocenters. The van der Waals surface area contributed by atoms with Crippen LogP contribution in [-0.2, 0) is 11.2 Å². The Morgan fingerprint density at radius 3 is 3.08 bits per heavy atom. The lowest BCUT2D eigenvalue weighted by atomic mass is 9.97. The summed E-state index contributed by atoms with van der Waals surface area (Å²) in [7, 11) is 0. The number of fused-ring (bicyclic) bond motifs is 3. The van der Waals surface area contributed by atoms with E-state index in [2.05, 4.69) is 15.5 Å². The fraction of sp³-hybridized carbons (Fsp3) is 0.368. The van der Waals surface area contributed by atoms with E-state index in [0.717, 1.165) is 42.9 Å². The van der Waals surface area contributed by atoms with Gasteiger partial charge in [-0.2, -0.15) is 0 Å². The van der Waals surface area contributed by atoms with Crippen LogP contribution in [0.15, 0.2) is 41.0 Å². The summed E-state index contributed by atoms with van der Waals surface area (Å²) in [5, 5.41) is 5.84. The second kappa shape index (κ2) is 6.63. The Kier molecular flexibility index (Phi) is 4.17. The highest BCUT2D eigenvalue weighted by molar-refractivity contribution is 6.05. The summed E-state index contributed by atoms with van der Waals surface area (Å²) in [6.45, 7) is 1.39. The summed E-state index contributed by atoms with van der Waals surface area (Å²) in [6, 6.07) is 9.17. The molecule has 6 heteroatoms. The maximum atomic E-state index is 12.4. The molecule has 4 rings (SSSR count). The van der Waals surface area contributed by atoms with Gasteiger partial charge in [0.15, 0.2) is 0 Å². The normalized spacial score (nSPS) is 19.0. The third-order valence-corrected chi connectivity index (χ3v) is 4.87. The van der Waals surface area contributed by atoms with Crippen molar-refractivity contribution in [3.8, 4) is 0 Å². The van der Waals surface area contributed by atoms with Crippen LogP contribution in [0.5, 0.6) is 0 Å². The zero-order chi connectivity index (χ0) is 17.2. The Bertz CT molecular complexity index is 785. The number of nitrogens with one attached hydrogen (secondary N) is 2. The molecule has 0 saturated carbocycles. The summed E-state index contributed by atoms with van der Waals surface area (Å²) in [5.41, 5.74) is 2.28. The number of nitrogens with zero attached hydrogens (tertiary/aromatic N) is 1. The largest absolute Gasteiger partial charge is 0.469 e. The number of furan rings is 1. The maximum absolute atomic E-state index is 12.4. The predicted molar refractivity (Wildman–Crippen MR) is 94.8 cm³/mol. The van der Waals surface area contributed by atoms with Gasteiger partial charge in [-0.05, 0) is 49.6 Å². The van der Waals surface area contributed by atoms with Gasteiger partial charge in [0, 0.05) is 25.1 Å². The molecule has 0 radical (unpaired) electrons. The monoisotopic (exact) mass is 339 g/mol. The molecule has 2 N–H and O–H groups in total. The zero-order valence-electron chi connectivity index (χ0n) is 14.0. The minimum atomic E-state index is -0.149. The van der Waals surface area contributed by atoms with Crippen LogP contribution in [0.3, 0.4) is 0 Å². The van der Waals surface area contributed by atoms with Crippen LogP contribution >= 0.6 is 0 Å². The van der Waals surface area contributed by atoms with Crippen molar-refractivity contribution in [1.29, 1.82) is 0 Å². The average Bonchev–Trinajstić information content (AvgIpc) is 3.15. The first-order valence-corrected chi connectivity index (χ1v) is 8.74. The predicted octanol–water partition coefficient (Wildman–Crippen LogP) is 2.56. The van der Waals surface area contributed by atoms with E-state index in [9.17, 15) is 9.59 Å². The molecule has 6 nitrogen and oxygen atoms in total. The standard InChI is InChI=1S/C19H21N3O3/c23-18(20-9-8-14-4-3-11-25-14)13-6-7-16-15(12-13)21-19(24)17-5-1-2-10-22(16)17/h3-4,6-7,11-12,17H,1-2,5,8-10H2,(H,20,23)(H,21,24)/t17-/m1/s1. The maximum Gasteiger partial charge on any atom is 0.251 e. The van der Waals surface area contributed by atoms with Crippen molar-refractivity contribution in [2.45, 2.75) is 31.7 Å². The molecule has 2 aliphatic rings. The Hall–Kier alpha value is -2.76. The number of benzene rings is 1. The molecular formula is C19H21N3O3. The van der Waals surface area contributed by atoms with Gasteiger partial charge >= 0.3 is 0 Å². The van der Waals surface area contributed by atoms with Crippen molar-refractivity contribution < 1.29 is 14.0 Å². The molecule has 2 amide bonds. The van der Waals surface area contributed by atoms with E-state index in [4.69, 9.17) is 4.42 Å². The van der Waals surface area contributed by atoms with Crippen LogP contribution in [0.2, 0.25) is 0 Å². The van der Waals surface area contributed by atoms with E-state index in [1.165, 1.54) is 0 Å². The molecule has 2 aromatic rings. The van der Waals surface area contributed by atoms with Crippen LogP contribution in [0, 0.1) is 0 Å². The highest BCUT2D eigenvalue weighted by Crippen LogP contribution is 2.36. The van der Waals surface area contributed by atoms with Crippen molar-refractivity contribution in [3.05, 3.63) is 47.9 Å². The molecule has 0 aliphatic carbocycles. The Balaban J connectivity index is 1.46. The van der Waals surface area contributed by atoms with E-state index in [0.29, 0.717) is 18.5 Å². The fourth-order valence-corrected chi connectivity index (χ4v) is 3.59. The number of anilines is 2. The first-order chi connectivity index (χ1) is 12.2. The van der Waals surface area contributed by atoms with Crippen molar-refractivity contribution in [2.24, 2.45) is 0 Å². The van der Waals surface area contributed by atoms with Gasteiger partial charge in [0.05, 0.1) is 17.6 Å². The summed E-state index contributed by atoms with van der Waals surface area (Å²) in [4.78, 5) is 26.8. The van der Waals surface area contributed by atoms with Gasteiger partial charge in [-0.3, -0.25) is 9.59 Å². The minimum absolute atomic E-state index is 0.0302. The summed E-state index contributed by atoms with van der Waals surface area (Å²) >= 11 is 0. The van der Waals surface area contributed by atoms with E-state index in [-0.39, 0.29) is 17.9 Å². The topological polar surface area (TPSA) is 74.6 Å². The smallest absolute Gasteiger partial charge is 0.251 e. The third-order valence-electron chi connectivity index (χ3n) is 4.87. The van der Waals surface area contributed by atoms with E-state index < -0.39 is 0 Å². The van der Waals surface area contributed by atoms with Gasteiger partial charge < -0.3 is 20.0 Å². The van der Waals surface area contributed by atoms with E-state index >= 15 is 0 Å². The quantitative estimate of drug-likeness (QED) is 0.898. The van der Waals surface area contributed by atoms with Crippen LogP contribution < -0.4 is 15.5 Å². The Labute approximate surface area is 146 Å². The van der Waals surface area contributed by atoms with Crippen molar-refractivity contribution in [1.82, 2.24) is 5.32 Å². The van der Waals surface area contributed by atoms with Gasteiger partial charge in [-0.15, -0.1) is 0 Å². The van der Waals surface area contributed by atoms with Gasteiger partial charge in [0.1, 0.15) is 11.8 Å². The molecule has 25 heavy (non-hydrogen) atoms. The molecule has 1 aromatic carbocycles. The number of rotatable bonds is 4. The summed E-state index contributed by atoms with van der Waals surface area (Å²) in [5.74, 6) is 0.723. The number of piperidine rings is 1. The number of carbonyl (C=O) groups is 2. The lowest BCUT2D eigenvalue weighted by Crippen LogP contribution is -2.50. The molecule has 1 fully saturated rings. The lowest BCUT2D eigenvalue weighted by molar-refractivity contribution is -0.118. The Morgan fingerprint density at radius 1 is 1.32 bits per heavy atom. The molecule has 1 saturated heterocycles. The van der Waals surface area contributed by atoms with Gasteiger partial charge in [0.2, 0.25) is 5.91 Å². The molecule has 0 spiro atoms. The number of carbonyl (C=O) groups excluding carboxylic acids is 2. The van der Waals surface area contributed by atoms with Crippen LogP contribution in [0.25, 0.3) is 0 Å². The van der Waals surface area contributed by atoms with Gasteiger partial charge in [-0.1, -0.05) is 0 Å². The van der Waals surface area contributed by atoms with E-state index in [1.807, 2.05) is 24.3 Å². The number of hydrogen-bond acceptors (Lipinski definition) is 4. The van der Waals surface area contributed by atoms with Crippen LogP contribution in [0.1, 0.15) is 35.4 Å². The van der Waals surface area contributed by atoms with Crippen molar-refractivity contribution >= 4 is 23.2 Å². The molecule has 130 valence electrons. The first-order valence-electron chi connectivity index (χ1n) is 8.74. The molecule has 3 heterocycles. The minimum Gasteiger partial charge on any atom is -0.469 e. The molecule has 0 bridgehead atoms. The van der Waals surface area contributed by atoms with Gasteiger partial charge in [0.25, 0.3) is 5.91 Å². The highest BCUT2D eigenvalue weighted by atomic mass is 16.3. The third kappa shape index (κ3) is 3.12. The Morgan fingerprint density at radius 2 is 2.24 bits per heavy atom. The second-order valence-electron chi connectivity index (χ2n) is 6.51. The first kappa shape index (κ1) is 15.7. The van der Waals surface area contributed by atoms with Crippen molar-refractivity contribution in [3.63, 3.8) is 0 Å². The fourth-order valence-electron chi connectivity index (χ4n) is 3.59. The lowest BCUT2D eigenvalue weighted by Gasteiger charge is -2.41. The van der Waals surface area contributed by atoms with Crippen molar-refractivity contribution in [2.75, 3.05) is 23.3 Å². The van der Waals surface area contributed by atoms with E-state index in [1.54, 1.807) is 12.3 Å². The average molecular weight is 339 g/mol. The summed E-state index contributed by atoms with van der Waals surface area (Å²) < 4.78 is 5.25. The molecular weight excluding hydrogens is 318 g/mol. The second-order valence-corrected chi connectivity index (χ2v) is 6.51. The molecule has 2 aliphatic heterocycles. The van der Waals surface area contributed by atoms with Gasteiger partial charge in [-0.25, -0.2) is 0 Å². The highest BCUT2D eigenvalue weighted by Gasteiger charge is 2.34. The molecule has 0 unspecified atom stereocenters. The van der Waals surface area contributed by atoms with Crippen LogP contribution in [-0.4, -0.2) is 30.9 Å². The SMILES string of the molecule is O=C(NCCc1ccco1)c1ccc2c(c1)NC(=O)[C@H]1CCCCN21.